The van der Waals surface area contributed by atoms with Crippen molar-refractivity contribution < 1.29 is 4.74 Å². The normalized spacial score (nSPS) is 24.8. The average molecular weight is 253 g/mol. The molecule has 18 heavy (non-hydrogen) atoms. The molecule has 2 unspecified atom stereocenters. The third-order valence-electron chi connectivity index (χ3n) is 3.40. The van der Waals surface area contributed by atoms with Crippen LogP contribution in [0.25, 0.3) is 0 Å². The first-order chi connectivity index (χ1) is 8.49. The van der Waals surface area contributed by atoms with Crippen molar-refractivity contribution >= 4 is 0 Å². The molecule has 1 saturated heterocycles. The highest BCUT2D eigenvalue weighted by molar-refractivity contribution is 5.06. The number of nitrogens with zero attached hydrogens (tertiary/aromatic N) is 2. The maximum Gasteiger partial charge on any atom is 0.116 e. The number of ether oxygens (including phenoxy) is 1. The van der Waals surface area contributed by atoms with Crippen molar-refractivity contribution in [2.75, 3.05) is 33.4 Å². The minimum atomic E-state index is -0.455. The Balaban J connectivity index is 2.51. The molecular weight excluding hydrogens is 226 g/mol. The largest absolute Gasteiger partial charge is 0.384 e. The molecule has 0 saturated carbocycles. The van der Waals surface area contributed by atoms with Gasteiger partial charge in [0.05, 0.1) is 12.7 Å². The Morgan fingerprint density at radius 3 is 2.83 bits per heavy atom. The van der Waals surface area contributed by atoms with Gasteiger partial charge in [0, 0.05) is 26.2 Å². The fraction of sp³-hybridized carbons (Fsp3) is 0.929. The summed E-state index contributed by atoms with van der Waals surface area (Å²) in [6, 6.07) is 2.75. The standard InChI is InChI=1S/C14H27N3O/c1-12(2)16-14(3,10-15)11-17-7-5-6-13(8-17)9-18-4/h12-13,16H,5-9,11H2,1-4H3. The summed E-state index contributed by atoms with van der Waals surface area (Å²) in [5, 5.41) is 12.7. The van der Waals surface area contributed by atoms with Gasteiger partial charge in [-0.2, -0.15) is 5.26 Å². The smallest absolute Gasteiger partial charge is 0.116 e. The van der Waals surface area contributed by atoms with Crippen LogP contribution in [0, 0.1) is 17.2 Å². The first kappa shape index (κ1) is 15.4. The zero-order valence-corrected chi connectivity index (χ0v) is 12.2. The van der Waals surface area contributed by atoms with Gasteiger partial charge in [0.2, 0.25) is 0 Å². The maximum absolute atomic E-state index is 9.37. The van der Waals surface area contributed by atoms with Crippen molar-refractivity contribution in [3.8, 4) is 6.07 Å². The van der Waals surface area contributed by atoms with Gasteiger partial charge in [0.15, 0.2) is 0 Å². The van der Waals surface area contributed by atoms with E-state index in [1.54, 1.807) is 7.11 Å². The Bertz CT molecular complexity index is 285. The van der Waals surface area contributed by atoms with E-state index in [9.17, 15) is 5.26 Å². The van der Waals surface area contributed by atoms with Crippen molar-refractivity contribution in [3.63, 3.8) is 0 Å². The molecule has 0 amide bonds. The van der Waals surface area contributed by atoms with Crippen LogP contribution in [0.4, 0.5) is 0 Å². The van der Waals surface area contributed by atoms with E-state index in [0.717, 1.165) is 26.2 Å². The minimum Gasteiger partial charge on any atom is -0.384 e. The quantitative estimate of drug-likeness (QED) is 0.781. The topological polar surface area (TPSA) is 48.3 Å². The summed E-state index contributed by atoms with van der Waals surface area (Å²) in [7, 11) is 1.76. The van der Waals surface area contributed by atoms with E-state index in [0.29, 0.717) is 12.0 Å². The van der Waals surface area contributed by atoms with Gasteiger partial charge in [-0.15, -0.1) is 0 Å². The molecule has 2 atom stereocenters. The van der Waals surface area contributed by atoms with Crippen molar-refractivity contribution in [2.45, 2.75) is 45.2 Å². The Morgan fingerprint density at radius 2 is 2.28 bits per heavy atom. The van der Waals surface area contributed by atoms with E-state index in [4.69, 9.17) is 4.74 Å². The molecule has 0 spiro atoms. The fourth-order valence-electron chi connectivity index (χ4n) is 2.86. The number of piperidine rings is 1. The Hall–Kier alpha value is -0.630. The van der Waals surface area contributed by atoms with E-state index >= 15 is 0 Å². The lowest BCUT2D eigenvalue weighted by atomic mass is 9.95. The molecular formula is C14H27N3O. The molecule has 104 valence electrons. The van der Waals surface area contributed by atoms with Crippen molar-refractivity contribution in [1.82, 2.24) is 10.2 Å². The molecule has 0 bridgehead atoms. The molecule has 1 rings (SSSR count). The van der Waals surface area contributed by atoms with E-state index in [1.165, 1.54) is 12.8 Å². The van der Waals surface area contributed by atoms with Crippen LogP contribution in [0.5, 0.6) is 0 Å². The van der Waals surface area contributed by atoms with Crippen LogP contribution in [-0.4, -0.2) is 49.8 Å². The molecule has 4 heteroatoms. The molecule has 1 heterocycles. The van der Waals surface area contributed by atoms with Crippen LogP contribution in [0.15, 0.2) is 0 Å². The summed E-state index contributed by atoms with van der Waals surface area (Å²) in [5.41, 5.74) is -0.455. The van der Waals surface area contributed by atoms with Crippen molar-refractivity contribution in [1.29, 1.82) is 5.26 Å². The number of nitrogens with one attached hydrogen (secondary N) is 1. The fourth-order valence-corrected chi connectivity index (χ4v) is 2.86. The summed E-state index contributed by atoms with van der Waals surface area (Å²) >= 11 is 0. The maximum atomic E-state index is 9.37. The van der Waals surface area contributed by atoms with Crippen LogP contribution in [0.2, 0.25) is 0 Å². The molecule has 0 aliphatic carbocycles. The monoisotopic (exact) mass is 253 g/mol. The van der Waals surface area contributed by atoms with Gasteiger partial charge >= 0.3 is 0 Å². The van der Waals surface area contributed by atoms with E-state index in [2.05, 4.69) is 30.1 Å². The molecule has 0 aromatic heterocycles. The van der Waals surface area contributed by atoms with Gasteiger partial charge in [-0.25, -0.2) is 0 Å². The highest BCUT2D eigenvalue weighted by Gasteiger charge is 2.30. The average Bonchev–Trinajstić information content (AvgIpc) is 2.28. The number of rotatable bonds is 6. The third-order valence-corrected chi connectivity index (χ3v) is 3.40. The van der Waals surface area contributed by atoms with Gasteiger partial charge in [0.25, 0.3) is 0 Å². The van der Waals surface area contributed by atoms with Crippen LogP contribution < -0.4 is 5.32 Å². The van der Waals surface area contributed by atoms with Crippen LogP contribution >= 0.6 is 0 Å². The predicted molar refractivity (Wildman–Crippen MR) is 73.3 cm³/mol. The van der Waals surface area contributed by atoms with Crippen LogP contribution in [-0.2, 0) is 4.74 Å². The Kier molecular flexibility index (Phi) is 6.07. The molecule has 0 aromatic carbocycles. The highest BCUT2D eigenvalue weighted by atomic mass is 16.5. The first-order valence-corrected chi connectivity index (χ1v) is 6.89. The molecule has 1 fully saturated rings. The second-order valence-corrected chi connectivity index (χ2v) is 5.94. The minimum absolute atomic E-state index is 0.328. The summed E-state index contributed by atoms with van der Waals surface area (Å²) in [6.45, 7) is 9.92. The van der Waals surface area contributed by atoms with Crippen LogP contribution in [0.3, 0.4) is 0 Å². The summed E-state index contributed by atoms with van der Waals surface area (Å²) in [6.07, 6.45) is 2.45. The molecule has 1 N–H and O–H groups in total. The van der Waals surface area contributed by atoms with Crippen molar-refractivity contribution in [3.05, 3.63) is 0 Å². The Labute approximate surface area is 111 Å². The zero-order chi connectivity index (χ0) is 13.6. The van der Waals surface area contributed by atoms with Gasteiger partial charge in [-0.05, 0) is 46.1 Å². The Morgan fingerprint density at radius 1 is 1.56 bits per heavy atom. The van der Waals surface area contributed by atoms with Crippen molar-refractivity contribution in [2.24, 2.45) is 5.92 Å². The zero-order valence-electron chi connectivity index (χ0n) is 12.2. The second kappa shape index (κ2) is 7.08. The number of likely N-dealkylation sites (tertiary alicyclic amines) is 1. The lowest BCUT2D eigenvalue weighted by Crippen LogP contribution is -2.54. The molecule has 0 radical (unpaired) electrons. The molecule has 0 aromatic rings. The summed E-state index contributed by atoms with van der Waals surface area (Å²) in [4.78, 5) is 2.39. The molecule has 1 aliphatic rings. The molecule has 1 aliphatic heterocycles. The highest BCUT2D eigenvalue weighted by Crippen LogP contribution is 2.19. The lowest BCUT2D eigenvalue weighted by molar-refractivity contribution is 0.0807. The van der Waals surface area contributed by atoms with Crippen LogP contribution in [0.1, 0.15) is 33.6 Å². The van der Waals surface area contributed by atoms with Gasteiger partial charge in [-0.1, -0.05) is 0 Å². The molecule has 4 nitrogen and oxygen atoms in total. The van der Waals surface area contributed by atoms with Gasteiger partial charge < -0.3 is 9.64 Å². The second-order valence-electron chi connectivity index (χ2n) is 5.94. The first-order valence-electron chi connectivity index (χ1n) is 6.89. The number of nitriles is 1. The number of hydrogen-bond donors (Lipinski definition) is 1. The number of methoxy groups -OCH3 is 1. The van der Waals surface area contributed by atoms with E-state index < -0.39 is 5.54 Å². The predicted octanol–water partition coefficient (Wildman–Crippen LogP) is 1.63. The van der Waals surface area contributed by atoms with E-state index in [-0.39, 0.29) is 0 Å². The van der Waals surface area contributed by atoms with Gasteiger partial charge in [0.1, 0.15) is 5.54 Å². The SMILES string of the molecule is COCC1CCCN(CC(C)(C#N)NC(C)C)C1. The summed E-state index contributed by atoms with van der Waals surface area (Å²) in [5.74, 6) is 0.616. The van der Waals surface area contributed by atoms with E-state index in [1.807, 2.05) is 6.92 Å². The number of hydrogen-bond acceptors (Lipinski definition) is 4. The summed E-state index contributed by atoms with van der Waals surface area (Å²) < 4.78 is 5.24. The third kappa shape index (κ3) is 4.93. The van der Waals surface area contributed by atoms with Gasteiger partial charge in [-0.3, -0.25) is 5.32 Å². The lowest BCUT2D eigenvalue weighted by Gasteiger charge is -2.37.